The van der Waals surface area contributed by atoms with Crippen molar-refractivity contribution in [3.8, 4) is 0 Å². The van der Waals surface area contributed by atoms with Gasteiger partial charge in [-0.25, -0.2) is 4.79 Å². The van der Waals surface area contributed by atoms with Crippen molar-refractivity contribution in [2.75, 3.05) is 13.1 Å². The van der Waals surface area contributed by atoms with Crippen LogP contribution in [0.25, 0.3) is 0 Å². The molecule has 0 aromatic rings. The molecule has 4 atom stereocenters. The number of aliphatic carboxylic acids is 1. The molecule has 3 fully saturated rings. The van der Waals surface area contributed by atoms with Gasteiger partial charge in [0.2, 0.25) is 5.91 Å². The lowest BCUT2D eigenvalue weighted by Crippen LogP contribution is -2.49. The van der Waals surface area contributed by atoms with Crippen LogP contribution in [0, 0.1) is 11.8 Å². The van der Waals surface area contributed by atoms with Crippen LogP contribution in [-0.4, -0.2) is 47.1 Å². The highest BCUT2D eigenvalue weighted by Crippen LogP contribution is 2.42. The van der Waals surface area contributed by atoms with Crippen LogP contribution in [0.1, 0.15) is 32.1 Å². The summed E-state index contributed by atoms with van der Waals surface area (Å²) in [6, 6.07) is -0.724. The Labute approximate surface area is 107 Å². The van der Waals surface area contributed by atoms with Gasteiger partial charge in [-0.1, -0.05) is 6.42 Å². The normalized spacial score (nSPS) is 39.0. The highest BCUT2D eigenvalue weighted by molar-refractivity contribution is 5.88. The number of fused-ring (bicyclic) bond motifs is 1. The molecule has 0 bridgehead atoms. The highest BCUT2D eigenvalue weighted by atomic mass is 16.4. The van der Waals surface area contributed by atoms with Crippen molar-refractivity contribution in [2.24, 2.45) is 11.8 Å². The highest BCUT2D eigenvalue weighted by Gasteiger charge is 2.50. The van der Waals surface area contributed by atoms with Gasteiger partial charge in [0.15, 0.2) is 0 Å². The zero-order chi connectivity index (χ0) is 12.7. The molecular formula is C13H20N2O3. The third-order valence-corrected chi connectivity index (χ3v) is 4.78. The van der Waals surface area contributed by atoms with Crippen molar-refractivity contribution >= 4 is 11.9 Å². The lowest BCUT2D eigenvalue weighted by molar-refractivity contribution is -0.150. The van der Waals surface area contributed by atoms with Gasteiger partial charge in [0, 0.05) is 6.54 Å². The Hall–Kier alpha value is -1.10. The molecule has 0 aromatic heterocycles. The summed E-state index contributed by atoms with van der Waals surface area (Å²) in [5.41, 5.74) is 0. The minimum absolute atomic E-state index is 0.00861. The first-order chi connectivity index (χ1) is 8.68. The van der Waals surface area contributed by atoms with Gasteiger partial charge < -0.3 is 15.3 Å². The molecule has 2 N–H and O–H groups in total. The van der Waals surface area contributed by atoms with Gasteiger partial charge in [-0.15, -0.1) is 0 Å². The van der Waals surface area contributed by atoms with Crippen molar-refractivity contribution in [2.45, 2.75) is 44.2 Å². The van der Waals surface area contributed by atoms with Crippen molar-refractivity contribution < 1.29 is 14.7 Å². The molecule has 100 valence electrons. The van der Waals surface area contributed by atoms with E-state index in [-0.39, 0.29) is 17.9 Å². The lowest BCUT2D eigenvalue weighted by atomic mass is 9.94. The molecule has 1 aliphatic carbocycles. The standard InChI is InChI=1S/C13H20N2O3/c16-12(10-5-2-6-14-10)15-7-8-3-1-4-9(8)11(15)13(17)18/h8-11,14H,1-7H2,(H,17,18)/t8?,9?,10-,11?/m0/s1. The smallest absolute Gasteiger partial charge is 0.326 e. The Morgan fingerprint density at radius 1 is 1.17 bits per heavy atom. The zero-order valence-corrected chi connectivity index (χ0v) is 10.5. The minimum Gasteiger partial charge on any atom is -0.480 e. The number of carboxylic acid groups (broad SMARTS) is 1. The van der Waals surface area contributed by atoms with E-state index in [0.717, 1.165) is 38.6 Å². The molecule has 3 unspecified atom stereocenters. The van der Waals surface area contributed by atoms with E-state index >= 15 is 0 Å². The van der Waals surface area contributed by atoms with E-state index in [1.165, 1.54) is 0 Å². The summed E-state index contributed by atoms with van der Waals surface area (Å²) in [7, 11) is 0. The van der Waals surface area contributed by atoms with Crippen LogP contribution in [0.15, 0.2) is 0 Å². The number of carboxylic acids is 1. The van der Waals surface area contributed by atoms with Crippen LogP contribution in [0.2, 0.25) is 0 Å². The van der Waals surface area contributed by atoms with Crippen LogP contribution >= 0.6 is 0 Å². The molecule has 1 amide bonds. The molecule has 2 aliphatic heterocycles. The fourth-order valence-corrected chi connectivity index (χ4v) is 3.94. The predicted octanol–water partition coefficient (Wildman–Crippen LogP) is 0.450. The van der Waals surface area contributed by atoms with E-state index in [9.17, 15) is 14.7 Å². The lowest BCUT2D eigenvalue weighted by Gasteiger charge is -2.27. The number of carbonyl (C=O) groups is 2. The Morgan fingerprint density at radius 2 is 2.00 bits per heavy atom. The second-order valence-electron chi connectivity index (χ2n) is 5.78. The van der Waals surface area contributed by atoms with Gasteiger partial charge in [0.1, 0.15) is 6.04 Å². The third-order valence-electron chi connectivity index (χ3n) is 4.78. The molecule has 0 radical (unpaired) electrons. The summed E-state index contributed by atoms with van der Waals surface area (Å²) in [5, 5.41) is 12.6. The summed E-state index contributed by atoms with van der Waals surface area (Å²) >= 11 is 0. The van der Waals surface area contributed by atoms with Crippen LogP contribution in [-0.2, 0) is 9.59 Å². The maximum atomic E-state index is 12.4. The number of amides is 1. The number of rotatable bonds is 2. The quantitative estimate of drug-likeness (QED) is 0.748. The van der Waals surface area contributed by atoms with Crippen LogP contribution in [0.4, 0.5) is 0 Å². The maximum absolute atomic E-state index is 12.4. The van der Waals surface area contributed by atoms with Crippen LogP contribution in [0.5, 0.6) is 0 Å². The monoisotopic (exact) mass is 252 g/mol. The van der Waals surface area contributed by atoms with Crippen molar-refractivity contribution in [3.05, 3.63) is 0 Å². The Balaban J connectivity index is 1.78. The largest absolute Gasteiger partial charge is 0.480 e. The third kappa shape index (κ3) is 1.81. The first kappa shape index (κ1) is 12.0. The molecule has 3 aliphatic rings. The molecule has 1 saturated carbocycles. The van der Waals surface area contributed by atoms with Gasteiger partial charge >= 0.3 is 5.97 Å². The number of hydrogen-bond donors (Lipinski definition) is 2. The zero-order valence-electron chi connectivity index (χ0n) is 10.5. The van der Waals surface area contributed by atoms with E-state index in [0.29, 0.717) is 12.5 Å². The van der Waals surface area contributed by atoms with Crippen LogP contribution < -0.4 is 5.32 Å². The summed E-state index contributed by atoms with van der Waals surface area (Å²) in [6.07, 6.45) is 5.01. The molecular weight excluding hydrogens is 232 g/mol. The molecule has 3 rings (SSSR count). The second-order valence-corrected chi connectivity index (χ2v) is 5.78. The average Bonchev–Trinajstić information content (AvgIpc) is 3.03. The molecule has 0 spiro atoms. The number of hydrogen-bond acceptors (Lipinski definition) is 3. The molecule has 0 aromatic carbocycles. The van der Waals surface area contributed by atoms with Gasteiger partial charge in [-0.05, 0) is 44.1 Å². The first-order valence-electron chi connectivity index (χ1n) is 6.95. The fraction of sp³-hybridized carbons (Fsp3) is 0.846. The predicted molar refractivity (Wildman–Crippen MR) is 65.0 cm³/mol. The fourth-order valence-electron chi connectivity index (χ4n) is 3.94. The van der Waals surface area contributed by atoms with Gasteiger partial charge in [0.05, 0.1) is 6.04 Å². The van der Waals surface area contributed by atoms with E-state index in [1.807, 2.05) is 0 Å². The second kappa shape index (κ2) is 4.53. The van der Waals surface area contributed by atoms with Crippen molar-refractivity contribution in [3.63, 3.8) is 0 Å². The number of carbonyl (C=O) groups excluding carboxylic acids is 1. The Kier molecular flexibility index (Phi) is 3.01. The molecule has 5 nitrogen and oxygen atoms in total. The van der Waals surface area contributed by atoms with Crippen molar-refractivity contribution in [1.82, 2.24) is 10.2 Å². The van der Waals surface area contributed by atoms with E-state index in [2.05, 4.69) is 5.32 Å². The number of nitrogens with one attached hydrogen (secondary N) is 1. The summed E-state index contributed by atoms with van der Waals surface area (Å²) in [4.78, 5) is 25.5. The topological polar surface area (TPSA) is 69.6 Å². The van der Waals surface area contributed by atoms with E-state index < -0.39 is 12.0 Å². The van der Waals surface area contributed by atoms with Crippen LogP contribution in [0.3, 0.4) is 0 Å². The minimum atomic E-state index is -0.823. The Bertz CT molecular complexity index is 365. The SMILES string of the molecule is O=C(O)C1C2CCCC2CN1C(=O)[C@@H]1CCCN1. The number of nitrogens with zero attached hydrogens (tertiary/aromatic N) is 1. The maximum Gasteiger partial charge on any atom is 0.326 e. The summed E-state index contributed by atoms with van der Waals surface area (Å²) < 4.78 is 0. The van der Waals surface area contributed by atoms with E-state index in [4.69, 9.17) is 0 Å². The molecule has 18 heavy (non-hydrogen) atoms. The van der Waals surface area contributed by atoms with Gasteiger partial charge in [-0.3, -0.25) is 4.79 Å². The van der Waals surface area contributed by atoms with Gasteiger partial charge in [-0.2, -0.15) is 0 Å². The summed E-state index contributed by atoms with van der Waals surface area (Å²) in [5.74, 6) is -0.214. The molecule has 5 heteroatoms. The summed E-state index contributed by atoms with van der Waals surface area (Å²) in [6.45, 7) is 1.52. The number of likely N-dealkylation sites (tertiary alicyclic amines) is 1. The van der Waals surface area contributed by atoms with Gasteiger partial charge in [0.25, 0.3) is 0 Å². The molecule has 2 saturated heterocycles. The first-order valence-corrected chi connectivity index (χ1v) is 6.95. The molecule has 2 heterocycles. The van der Waals surface area contributed by atoms with Crippen molar-refractivity contribution in [1.29, 1.82) is 0 Å². The average molecular weight is 252 g/mol. The Morgan fingerprint density at radius 3 is 2.67 bits per heavy atom. The van der Waals surface area contributed by atoms with E-state index in [1.54, 1.807) is 4.90 Å².